The van der Waals surface area contributed by atoms with Crippen molar-refractivity contribution in [1.29, 1.82) is 0 Å². The summed E-state index contributed by atoms with van der Waals surface area (Å²) in [6.45, 7) is 7.40. The number of fused-ring (bicyclic) bond motifs is 1. The number of amides is 2. The molecule has 8 heteroatoms. The number of piperidine rings is 1. The molecule has 1 N–H and O–H groups in total. The minimum atomic E-state index is -0.514. The second-order valence-corrected chi connectivity index (χ2v) is 9.85. The molecule has 0 unspecified atom stereocenters. The van der Waals surface area contributed by atoms with Crippen LogP contribution in [0.15, 0.2) is 18.2 Å². The first-order valence-corrected chi connectivity index (χ1v) is 11.2. The summed E-state index contributed by atoms with van der Waals surface area (Å²) < 4.78 is 6.34. The monoisotopic (exact) mass is 437 g/mol. The Morgan fingerprint density at radius 3 is 2.72 bits per heavy atom. The van der Waals surface area contributed by atoms with Gasteiger partial charge in [0.2, 0.25) is 5.91 Å². The highest BCUT2D eigenvalue weighted by Crippen LogP contribution is 2.34. The normalized spacial score (nSPS) is 15.5. The molecule has 0 spiro atoms. The fourth-order valence-corrected chi connectivity index (χ4v) is 4.65. The highest BCUT2D eigenvalue weighted by molar-refractivity contribution is 7.18. The van der Waals surface area contributed by atoms with Crippen molar-refractivity contribution in [1.82, 2.24) is 15.2 Å². The van der Waals surface area contributed by atoms with E-state index in [1.165, 1.54) is 0 Å². The Labute approximate surface area is 180 Å². The van der Waals surface area contributed by atoms with E-state index in [-0.39, 0.29) is 5.91 Å². The Hall–Kier alpha value is -1.86. The molecule has 29 heavy (non-hydrogen) atoms. The topological polar surface area (TPSA) is 71.5 Å². The molecule has 1 aromatic carbocycles. The average Bonchev–Trinajstić information content (AvgIpc) is 3.07. The van der Waals surface area contributed by atoms with Gasteiger partial charge in [0.1, 0.15) is 5.60 Å². The molecule has 6 nitrogen and oxygen atoms in total. The van der Waals surface area contributed by atoms with Gasteiger partial charge in [0.15, 0.2) is 0 Å². The van der Waals surface area contributed by atoms with Crippen molar-refractivity contribution < 1.29 is 14.3 Å². The number of alkyl carbamates (subject to hydrolysis) is 1. The minimum absolute atomic E-state index is 0.144. The number of carbonyl (C=O) groups is 2. The van der Waals surface area contributed by atoms with Crippen LogP contribution >= 0.6 is 22.9 Å². The summed E-state index contributed by atoms with van der Waals surface area (Å²) in [7, 11) is 0. The number of aromatic nitrogens is 1. The van der Waals surface area contributed by atoms with Crippen LogP contribution in [0.3, 0.4) is 0 Å². The van der Waals surface area contributed by atoms with E-state index >= 15 is 0 Å². The van der Waals surface area contributed by atoms with Gasteiger partial charge >= 0.3 is 6.09 Å². The van der Waals surface area contributed by atoms with Crippen LogP contribution in [0, 0.1) is 0 Å². The fourth-order valence-electron chi connectivity index (χ4n) is 3.37. The van der Waals surface area contributed by atoms with Crippen LogP contribution < -0.4 is 5.32 Å². The van der Waals surface area contributed by atoms with E-state index in [2.05, 4.69) is 5.32 Å². The maximum atomic E-state index is 12.4. The first-order valence-electron chi connectivity index (χ1n) is 10.0. The highest BCUT2D eigenvalue weighted by atomic mass is 35.5. The smallest absolute Gasteiger partial charge is 0.407 e. The molecule has 1 saturated heterocycles. The summed E-state index contributed by atoms with van der Waals surface area (Å²) in [5, 5.41) is 4.53. The molecular weight excluding hydrogens is 410 g/mol. The molecule has 2 aromatic rings. The fraction of sp³-hybridized carbons (Fsp3) is 0.571. The molecule has 1 aliphatic rings. The molecule has 0 atom stereocenters. The van der Waals surface area contributed by atoms with Gasteiger partial charge in [0, 0.05) is 37.0 Å². The Balaban J connectivity index is 1.40. The third-order valence-corrected chi connectivity index (χ3v) is 6.23. The number of nitrogens with one attached hydrogen (secondary N) is 1. The van der Waals surface area contributed by atoms with Gasteiger partial charge in [-0.05, 0) is 58.2 Å². The molecule has 1 fully saturated rings. The van der Waals surface area contributed by atoms with E-state index in [1.54, 1.807) is 11.3 Å². The molecule has 0 bridgehead atoms. The van der Waals surface area contributed by atoms with Gasteiger partial charge < -0.3 is 15.0 Å². The van der Waals surface area contributed by atoms with Crippen LogP contribution in [0.1, 0.15) is 57.4 Å². The Morgan fingerprint density at radius 2 is 2.03 bits per heavy atom. The molecule has 2 amide bonds. The zero-order valence-electron chi connectivity index (χ0n) is 17.2. The second kappa shape index (κ2) is 9.30. The number of hydrogen-bond acceptors (Lipinski definition) is 5. The van der Waals surface area contributed by atoms with Gasteiger partial charge in [-0.2, -0.15) is 0 Å². The summed E-state index contributed by atoms with van der Waals surface area (Å²) in [5.41, 5.74) is 0.438. The lowest BCUT2D eigenvalue weighted by atomic mass is 9.97. The first-order chi connectivity index (χ1) is 13.7. The van der Waals surface area contributed by atoms with Crippen LogP contribution in [0.4, 0.5) is 4.79 Å². The number of carbonyl (C=O) groups excluding carboxylic acids is 2. The summed E-state index contributed by atoms with van der Waals surface area (Å²) in [6, 6.07) is 5.81. The number of hydrogen-bond donors (Lipinski definition) is 1. The van der Waals surface area contributed by atoms with Crippen LogP contribution in [0.5, 0.6) is 0 Å². The lowest BCUT2D eigenvalue weighted by Gasteiger charge is -2.31. The van der Waals surface area contributed by atoms with E-state index in [1.807, 2.05) is 43.9 Å². The number of halogens is 1. The lowest BCUT2D eigenvalue weighted by Crippen LogP contribution is -2.38. The standard InChI is InChI=1S/C21H28ClN3O3S/c1-21(2,3)28-20(27)23-10-4-5-18(26)25-11-8-14(9-12-25)19-24-16-13-15(22)6-7-17(16)29-19/h6-7,13-14H,4-5,8-12H2,1-3H3,(H,23,27). The van der Waals surface area contributed by atoms with Crippen molar-refractivity contribution in [3.05, 3.63) is 28.2 Å². The molecule has 158 valence electrons. The highest BCUT2D eigenvalue weighted by Gasteiger charge is 2.25. The second-order valence-electron chi connectivity index (χ2n) is 8.35. The van der Waals surface area contributed by atoms with Gasteiger partial charge in [0.05, 0.1) is 15.2 Å². The Kier molecular flexibility index (Phi) is 7.01. The zero-order valence-corrected chi connectivity index (χ0v) is 18.7. The first kappa shape index (κ1) is 21.8. The summed E-state index contributed by atoms with van der Waals surface area (Å²) >= 11 is 7.78. The average molecular weight is 438 g/mol. The quantitative estimate of drug-likeness (QED) is 0.671. The number of benzene rings is 1. The molecule has 2 heterocycles. The van der Waals surface area contributed by atoms with Gasteiger partial charge in [0.25, 0.3) is 0 Å². The van der Waals surface area contributed by atoms with Crippen molar-refractivity contribution in [2.24, 2.45) is 0 Å². The molecular formula is C21H28ClN3O3S. The number of ether oxygens (including phenoxy) is 1. The van der Waals surface area contributed by atoms with Crippen molar-refractivity contribution in [2.45, 2.75) is 58.0 Å². The summed E-state index contributed by atoms with van der Waals surface area (Å²) in [5.74, 6) is 0.537. The Morgan fingerprint density at radius 1 is 1.31 bits per heavy atom. The van der Waals surface area contributed by atoms with Gasteiger partial charge in [-0.15, -0.1) is 11.3 Å². The van der Waals surface area contributed by atoms with Gasteiger partial charge in [-0.3, -0.25) is 4.79 Å². The third kappa shape index (κ3) is 6.31. The maximum absolute atomic E-state index is 12.4. The Bertz CT molecular complexity index is 870. The molecule has 1 aromatic heterocycles. The molecule has 0 radical (unpaired) electrons. The van der Waals surface area contributed by atoms with Crippen LogP contribution in [-0.4, -0.2) is 47.1 Å². The van der Waals surface area contributed by atoms with Crippen LogP contribution in [0.25, 0.3) is 10.2 Å². The van der Waals surface area contributed by atoms with Crippen LogP contribution in [0.2, 0.25) is 5.02 Å². The van der Waals surface area contributed by atoms with Crippen molar-refractivity contribution >= 4 is 45.2 Å². The number of likely N-dealkylation sites (tertiary alicyclic amines) is 1. The summed E-state index contributed by atoms with van der Waals surface area (Å²) in [4.78, 5) is 30.7. The predicted octanol–water partition coefficient (Wildman–Crippen LogP) is 4.96. The molecule has 3 rings (SSSR count). The number of rotatable bonds is 5. The SMILES string of the molecule is CC(C)(C)OC(=O)NCCCC(=O)N1CCC(c2nc3cc(Cl)ccc3s2)CC1. The lowest BCUT2D eigenvalue weighted by molar-refractivity contribution is -0.132. The van der Waals surface area contributed by atoms with E-state index in [4.69, 9.17) is 21.3 Å². The van der Waals surface area contributed by atoms with Crippen molar-refractivity contribution in [2.75, 3.05) is 19.6 Å². The van der Waals surface area contributed by atoms with Gasteiger partial charge in [-0.25, -0.2) is 9.78 Å². The van der Waals surface area contributed by atoms with E-state index < -0.39 is 11.7 Å². The number of nitrogens with zero attached hydrogens (tertiary/aromatic N) is 2. The largest absolute Gasteiger partial charge is 0.444 e. The van der Waals surface area contributed by atoms with Crippen molar-refractivity contribution in [3.8, 4) is 0 Å². The van der Waals surface area contributed by atoms with Crippen molar-refractivity contribution in [3.63, 3.8) is 0 Å². The maximum Gasteiger partial charge on any atom is 0.407 e. The predicted molar refractivity (Wildman–Crippen MR) is 117 cm³/mol. The molecule has 0 saturated carbocycles. The van der Waals surface area contributed by atoms with E-state index in [9.17, 15) is 9.59 Å². The van der Waals surface area contributed by atoms with E-state index in [0.717, 1.165) is 41.2 Å². The zero-order chi connectivity index (χ0) is 21.0. The molecule has 0 aliphatic carbocycles. The van der Waals surface area contributed by atoms with Crippen LogP contribution in [-0.2, 0) is 9.53 Å². The van der Waals surface area contributed by atoms with Gasteiger partial charge in [-0.1, -0.05) is 11.6 Å². The molecule has 1 aliphatic heterocycles. The number of thiazole rings is 1. The minimum Gasteiger partial charge on any atom is -0.444 e. The van der Waals surface area contributed by atoms with E-state index in [0.29, 0.717) is 30.3 Å². The third-order valence-electron chi connectivity index (χ3n) is 4.80. The summed E-state index contributed by atoms with van der Waals surface area (Å²) in [6.07, 6.45) is 2.45.